The number of carboxylic acid groups (broad SMARTS) is 2. The fraction of sp³-hybridized carbons (Fsp3) is 0.818. The second-order valence-electron chi connectivity index (χ2n) is 7.31. The molecule has 26 heavy (non-hydrogen) atoms. The molecule has 4 nitrogen and oxygen atoms in total. The van der Waals surface area contributed by atoms with Crippen LogP contribution < -0.4 is 0 Å². The maximum absolute atomic E-state index is 11.5. The predicted octanol–water partition coefficient (Wildman–Crippen LogP) is 6.73. The molecule has 0 rings (SSSR count). The monoisotopic (exact) mass is 368 g/mol. The van der Waals surface area contributed by atoms with Crippen molar-refractivity contribution in [2.24, 2.45) is 0 Å². The summed E-state index contributed by atoms with van der Waals surface area (Å²) in [4.78, 5) is 23.1. The van der Waals surface area contributed by atoms with Crippen molar-refractivity contribution in [3.8, 4) is 0 Å². The quantitative estimate of drug-likeness (QED) is 0.208. The summed E-state index contributed by atoms with van der Waals surface area (Å²) < 4.78 is 0. The number of carboxylic acids is 2. The lowest BCUT2D eigenvalue weighted by molar-refractivity contribution is -0.136. The maximum atomic E-state index is 11.5. The standard InChI is InChI=1S/C22H40O4/c1-3-5-7-9-11-13-15-17-19(21(23)24)20(22(25)26)18-16-14-12-10-8-6-4-2/h3-18H2,1-2H3,(H,23,24)(H,25,26)/b20-19+. The first-order valence-electron chi connectivity index (χ1n) is 10.7. The Morgan fingerprint density at radius 2 is 0.769 bits per heavy atom. The topological polar surface area (TPSA) is 74.6 Å². The molecule has 0 bridgehead atoms. The molecule has 0 aromatic heterocycles. The molecular weight excluding hydrogens is 328 g/mol. The summed E-state index contributed by atoms with van der Waals surface area (Å²) in [5, 5.41) is 18.9. The molecule has 152 valence electrons. The van der Waals surface area contributed by atoms with E-state index in [1.165, 1.54) is 51.4 Å². The second kappa shape index (κ2) is 17.1. The molecule has 0 aliphatic rings. The van der Waals surface area contributed by atoms with Crippen LogP contribution in [0.2, 0.25) is 0 Å². The van der Waals surface area contributed by atoms with Crippen LogP contribution >= 0.6 is 0 Å². The fourth-order valence-corrected chi connectivity index (χ4v) is 3.29. The fourth-order valence-electron chi connectivity index (χ4n) is 3.29. The molecule has 0 fully saturated rings. The third-order valence-electron chi connectivity index (χ3n) is 4.94. The third-order valence-corrected chi connectivity index (χ3v) is 4.94. The van der Waals surface area contributed by atoms with E-state index in [-0.39, 0.29) is 11.1 Å². The van der Waals surface area contributed by atoms with Gasteiger partial charge >= 0.3 is 11.9 Å². The van der Waals surface area contributed by atoms with E-state index in [0.29, 0.717) is 12.8 Å². The summed E-state index contributed by atoms with van der Waals surface area (Å²) in [5.41, 5.74) is 0.245. The summed E-state index contributed by atoms with van der Waals surface area (Å²) in [6.45, 7) is 4.37. The number of aliphatic carboxylic acids is 2. The first-order chi connectivity index (χ1) is 12.5. The second-order valence-corrected chi connectivity index (χ2v) is 7.31. The van der Waals surface area contributed by atoms with Gasteiger partial charge in [-0.2, -0.15) is 0 Å². The maximum Gasteiger partial charge on any atom is 0.332 e. The molecule has 0 saturated heterocycles. The largest absolute Gasteiger partial charge is 0.478 e. The Kier molecular flexibility index (Phi) is 16.2. The van der Waals surface area contributed by atoms with E-state index in [4.69, 9.17) is 0 Å². The van der Waals surface area contributed by atoms with E-state index < -0.39 is 11.9 Å². The van der Waals surface area contributed by atoms with Crippen LogP contribution in [0, 0.1) is 0 Å². The van der Waals surface area contributed by atoms with Crippen LogP contribution in [0.5, 0.6) is 0 Å². The highest BCUT2D eigenvalue weighted by atomic mass is 16.4. The molecule has 4 heteroatoms. The molecule has 0 radical (unpaired) electrons. The molecule has 0 amide bonds. The van der Waals surface area contributed by atoms with Gasteiger partial charge in [0.1, 0.15) is 0 Å². The lowest BCUT2D eigenvalue weighted by Crippen LogP contribution is -2.12. The van der Waals surface area contributed by atoms with E-state index in [1.807, 2.05) is 0 Å². The Balaban J connectivity index is 4.34. The highest BCUT2D eigenvalue weighted by Crippen LogP contribution is 2.21. The SMILES string of the molecule is CCCCCCCCC/C(C(=O)O)=C(/CCCCCCCCC)C(=O)O. The highest BCUT2D eigenvalue weighted by Gasteiger charge is 2.19. The first kappa shape index (κ1) is 24.7. The third kappa shape index (κ3) is 13.0. The summed E-state index contributed by atoms with van der Waals surface area (Å²) in [7, 11) is 0. The molecule has 0 aromatic rings. The molecule has 0 saturated carbocycles. The van der Waals surface area contributed by atoms with Gasteiger partial charge in [0.2, 0.25) is 0 Å². The van der Waals surface area contributed by atoms with Gasteiger partial charge in [0.05, 0.1) is 0 Å². The average Bonchev–Trinajstić information content (AvgIpc) is 2.60. The zero-order valence-electron chi connectivity index (χ0n) is 17.0. The van der Waals surface area contributed by atoms with Gasteiger partial charge in [-0.15, -0.1) is 0 Å². The average molecular weight is 369 g/mol. The van der Waals surface area contributed by atoms with Crippen LogP contribution in [-0.2, 0) is 9.59 Å². The minimum atomic E-state index is -1.06. The number of carbonyl (C=O) groups is 2. The molecule has 2 N–H and O–H groups in total. The summed E-state index contributed by atoms with van der Waals surface area (Å²) in [6.07, 6.45) is 16.2. The predicted molar refractivity (Wildman–Crippen MR) is 108 cm³/mol. The van der Waals surface area contributed by atoms with Crippen molar-refractivity contribution in [1.29, 1.82) is 0 Å². The van der Waals surface area contributed by atoms with E-state index >= 15 is 0 Å². The Labute approximate surface area is 160 Å². The normalized spacial score (nSPS) is 12.1. The molecule has 0 spiro atoms. The van der Waals surface area contributed by atoms with E-state index in [1.54, 1.807) is 0 Å². The van der Waals surface area contributed by atoms with E-state index in [9.17, 15) is 19.8 Å². The summed E-state index contributed by atoms with van der Waals surface area (Å²) >= 11 is 0. The Morgan fingerprint density at radius 3 is 1.04 bits per heavy atom. The van der Waals surface area contributed by atoms with Crippen molar-refractivity contribution in [3.63, 3.8) is 0 Å². The molecule has 0 heterocycles. The molecule has 0 unspecified atom stereocenters. The Bertz CT molecular complexity index is 374. The van der Waals surface area contributed by atoms with Crippen molar-refractivity contribution < 1.29 is 19.8 Å². The lowest BCUT2D eigenvalue weighted by atomic mass is 9.96. The summed E-state index contributed by atoms with van der Waals surface area (Å²) in [5.74, 6) is -2.12. The van der Waals surface area contributed by atoms with Crippen LogP contribution in [0.25, 0.3) is 0 Å². The van der Waals surface area contributed by atoms with Gasteiger partial charge in [-0.3, -0.25) is 0 Å². The van der Waals surface area contributed by atoms with Crippen molar-refractivity contribution in [2.75, 3.05) is 0 Å². The van der Waals surface area contributed by atoms with Crippen molar-refractivity contribution in [1.82, 2.24) is 0 Å². The number of unbranched alkanes of at least 4 members (excludes halogenated alkanes) is 12. The van der Waals surface area contributed by atoms with Crippen LogP contribution in [0.3, 0.4) is 0 Å². The smallest absolute Gasteiger partial charge is 0.332 e. The minimum absolute atomic E-state index is 0.122. The van der Waals surface area contributed by atoms with Gasteiger partial charge in [-0.05, 0) is 25.7 Å². The van der Waals surface area contributed by atoms with Crippen LogP contribution in [0.15, 0.2) is 11.1 Å². The van der Waals surface area contributed by atoms with Crippen molar-refractivity contribution in [2.45, 2.75) is 117 Å². The number of hydrogen-bond donors (Lipinski definition) is 2. The van der Waals surface area contributed by atoms with E-state index in [0.717, 1.165) is 38.5 Å². The summed E-state index contributed by atoms with van der Waals surface area (Å²) in [6, 6.07) is 0. The van der Waals surface area contributed by atoms with Gasteiger partial charge in [-0.1, -0.05) is 90.9 Å². The van der Waals surface area contributed by atoms with Gasteiger partial charge < -0.3 is 10.2 Å². The molecule has 0 atom stereocenters. The zero-order chi connectivity index (χ0) is 19.6. The van der Waals surface area contributed by atoms with Crippen molar-refractivity contribution in [3.05, 3.63) is 11.1 Å². The number of rotatable bonds is 18. The van der Waals surface area contributed by atoms with Crippen LogP contribution in [0.1, 0.15) is 117 Å². The molecular formula is C22H40O4. The van der Waals surface area contributed by atoms with Gasteiger partial charge in [0.25, 0.3) is 0 Å². The van der Waals surface area contributed by atoms with Gasteiger partial charge in [0.15, 0.2) is 0 Å². The van der Waals surface area contributed by atoms with Crippen LogP contribution in [0.4, 0.5) is 0 Å². The molecule has 0 aliphatic heterocycles. The van der Waals surface area contributed by atoms with Crippen LogP contribution in [-0.4, -0.2) is 22.2 Å². The number of hydrogen-bond acceptors (Lipinski definition) is 2. The minimum Gasteiger partial charge on any atom is -0.478 e. The first-order valence-corrected chi connectivity index (χ1v) is 10.7. The lowest BCUT2D eigenvalue weighted by Gasteiger charge is -2.09. The zero-order valence-corrected chi connectivity index (χ0v) is 17.0. The molecule has 0 aromatic carbocycles. The van der Waals surface area contributed by atoms with Crippen molar-refractivity contribution >= 4 is 11.9 Å². The van der Waals surface area contributed by atoms with Gasteiger partial charge in [0, 0.05) is 11.1 Å². The van der Waals surface area contributed by atoms with E-state index in [2.05, 4.69) is 13.8 Å². The highest BCUT2D eigenvalue weighted by molar-refractivity contribution is 5.98. The molecule has 0 aliphatic carbocycles. The van der Waals surface area contributed by atoms with Gasteiger partial charge in [-0.25, -0.2) is 9.59 Å². The Hall–Kier alpha value is -1.32. The Morgan fingerprint density at radius 1 is 0.500 bits per heavy atom.